The standard InChI is InChI=1S/C8H16Si.12BrH.4Sn/c1-5-9(6-2,7-3)8-4;;;;;;;;;;;;;;;;/h1-8H2;12*1H;;;;/q;;;;;;;;;;;;;4*+3/p-12. The fourth-order valence-electron chi connectivity index (χ4n) is 2.38. The fraction of sp³-hybridized carbons (Fsp3) is 1.00. The second-order valence-corrected chi connectivity index (χ2v) is 225. The van der Waals surface area contributed by atoms with Crippen LogP contribution in [0.5, 0.6) is 0 Å². The molecule has 152 valence electrons. The topological polar surface area (TPSA) is 0 Å². The van der Waals surface area contributed by atoms with Gasteiger partial charge >= 0.3 is 249 Å². The van der Waals surface area contributed by atoms with Crippen molar-refractivity contribution in [1.82, 2.24) is 0 Å². The van der Waals surface area contributed by atoms with Crippen LogP contribution in [0.4, 0.5) is 0 Å². The van der Waals surface area contributed by atoms with E-state index in [4.69, 9.17) is 0 Å². The van der Waals surface area contributed by atoms with Crippen molar-refractivity contribution in [2.24, 2.45) is 0 Å². The van der Waals surface area contributed by atoms with E-state index in [0.29, 0.717) is 0 Å². The molecule has 0 bridgehead atoms. The predicted octanol–water partition coefficient (Wildman–Crippen LogP) is 11.9. The average molecular weight is 1570 g/mol. The minimum absolute atomic E-state index is 1.31. The van der Waals surface area contributed by atoms with Crippen LogP contribution in [0.2, 0.25) is 41.9 Å². The van der Waals surface area contributed by atoms with E-state index in [1.165, 1.54) is 41.9 Å². The molecule has 0 unspecified atom stereocenters. The van der Waals surface area contributed by atoms with E-state index in [1.54, 1.807) is 0 Å². The molecule has 0 radical (unpaired) electrons. The second kappa shape index (κ2) is 15.4. The van der Waals surface area contributed by atoms with Crippen molar-refractivity contribution < 1.29 is 0 Å². The molecule has 0 nitrogen and oxygen atoms in total. The zero-order valence-electron chi connectivity index (χ0n) is 12.7. The maximum atomic E-state index is 3.92. The first-order chi connectivity index (χ1) is 10.8. The molecule has 0 aromatic carbocycles. The van der Waals surface area contributed by atoms with Crippen molar-refractivity contribution in [3.8, 4) is 0 Å². The van der Waals surface area contributed by atoms with Crippen LogP contribution >= 0.6 is 152 Å². The van der Waals surface area contributed by atoms with Gasteiger partial charge in [0, 0.05) is 0 Å². The third kappa shape index (κ3) is 23.3. The van der Waals surface area contributed by atoms with Crippen LogP contribution in [-0.2, 0) is 0 Å². The van der Waals surface area contributed by atoms with E-state index < -0.39 is 54.9 Å². The van der Waals surface area contributed by atoms with Gasteiger partial charge in [0.1, 0.15) is 0 Å². The van der Waals surface area contributed by atoms with Gasteiger partial charge in [-0.15, -0.1) is 0 Å². The molecule has 0 atom stereocenters. The molecule has 0 amide bonds. The summed E-state index contributed by atoms with van der Waals surface area (Å²) < 4.78 is 5.23. The molecule has 0 fully saturated rings. The summed E-state index contributed by atoms with van der Waals surface area (Å²) in [5.74, 6) is 0. The normalized spacial score (nSPS) is 14.9. The Morgan fingerprint density at radius 2 is 0.520 bits per heavy atom. The van der Waals surface area contributed by atoms with Crippen LogP contribution in [0.3, 0.4) is 0 Å². The summed E-state index contributed by atoms with van der Waals surface area (Å²) >= 11 is 37.9. The van der Waals surface area contributed by atoms with Crippen LogP contribution in [0.25, 0.3) is 0 Å². The molecular formula is C8H16Br12SiSn4. The van der Waals surface area contributed by atoms with Crippen molar-refractivity contribution >= 4 is 207 Å². The first-order valence-electron chi connectivity index (χ1n) is 7.10. The van der Waals surface area contributed by atoms with Gasteiger partial charge in [0.2, 0.25) is 0 Å². The molecule has 0 saturated carbocycles. The van der Waals surface area contributed by atoms with Crippen LogP contribution in [0.15, 0.2) is 0 Å². The molecule has 0 saturated heterocycles. The monoisotopic (exact) mass is 1570 g/mol. The van der Waals surface area contributed by atoms with E-state index in [0.717, 1.165) is 0 Å². The average Bonchev–Trinajstić information content (AvgIpc) is 2.33. The van der Waals surface area contributed by atoms with Crippen molar-refractivity contribution in [2.75, 3.05) is 0 Å². The maximum absolute atomic E-state index is 3.92. The van der Waals surface area contributed by atoms with E-state index >= 15 is 0 Å². The number of halogens is 12. The molecule has 0 rings (SSSR count). The molecule has 0 heterocycles. The Morgan fingerprint density at radius 3 is 0.640 bits per heavy atom. The molecule has 25 heavy (non-hydrogen) atoms. The molecule has 0 aromatic heterocycles. The van der Waals surface area contributed by atoms with Crippen molar-refractivity contribution in [3.05, 3.63) is 0 Å². The fourth-order valence-corrected chi connectivity index (χ4v) is 82.9. The third-order valence-electron chi connectivity index (χ3n) is 3.76. The Kier molecular flexibility index (Phi) is 21.1. The van der Waals surface area contributed by atoms with Gasteiger partial charge in [-0.25, -0.2) is 0 Å². The summed E-state index contributed by atoms with van der Waals surface area (Å²) in [4.78, 5) is 0. The van der Waals surface area contributed by atoms with Crippen LogP contribution in [0, 0.1) is 0 Å². The summed E-state index contributed by atoms with van der Waals surface area (Å²) in [5.41, 5.74) is 0. The Morgan fingerprint density at radius 1 is 0.360 bits per heavy atom. The van der Waals surface area contributed by atoms with Gasteiger partial charge in [-0.2, -0.15) is 0 Å². The molecule has 0 aliphatic carbocycles. The first-order valence-corrected chi connectivity index (χ1v) is 94.8. The third-order valence-corrected chi connectivity index (χ3v) is 56.0. The number of rotatable bonds is 12. The molecule has 0 N–H and O–H groups in total. The van der Waals surface area contributed by atoms with Gasteiger partial charge in [0.05, 0.1) is 0 Å². The molecule has 0 aromatic rings. The Hall–Kier alpha value is 9.17. The minimum atomic E-state index is -2.31. The molecule has 17 heteroatoms. The van der Waals surface area contributed by atoms with Gasteiger partial charge < -0.3 is 0 Å². The number of hydrogen-bond donors (Lipinski definition) is 0. The summed E-state index contributed by atoms with van der Waals surface area (Å²) in [5, 5.41) is 0. The van der Waals surface area contributed by atoms with Gasteiger partial charge in [-0.3, -0.25) is 0 Å². The second-order valence-electron chi connectivity index (χ2n) is 5.96. The number of hydrogen-bond acceptors (Lipinski definition) is 0. The zero-order chi connectivity index (χ0) is 20.2. The van der Waals surface area contributed by atoms with Crippen molar-refractivity contribution in [3.63, 3.8) is 0 Å². The van der Waals surface area contributed by atoms with Crippen LogP contribution in [-0.4, -0.2) is 54.9 Å². The molecule has 0 aliphatic heterocycles. The summed E-state index contributed by atoms with van der Waals surface area (Å²) in [6.07, 6.45) is 0. The predicted molar refractivity (Wildman–Crippen MR) is 174 cm³/mol. The van der Waals surface area contributed by atoms with Crippen molar-refractivity contribution in [1.29, 1.82) is 0 Å². The van der Waals surface area contributed by atoms with Gasteiger partial charge in [-0.1, -0.05) is 0 Å². The molecular weight excluding hydrogens is 1560 g/mol. The summed E-state index contributed by atoms with van der Waals surface area (Å²) in [6.45, 7) is 0. The quantitative estimate of drug-likeness (QED) is 0.171. The Bertz CT molecular complexity index is 322. The van der Waals surface area contributed by atoms with Crippen molar-refractivity contribution in [2.45, 2.75) is 41.9 Å². The van der Waals surface area contributed by atoms with Gasteiger partial charge in [-0.05, 0) is 0 Å². The summed E-state index contributed by atoms with van der Waals surface area (Å²) in [6, 6.07) is 5.63. The van der Waals surface area contributed by atoms with Gasteiger partial charge in [0.25, 0.3) is 0 Å². The summed E-state index contributed by atoms with van der Waals surface area (Å²) in [7, 11) is -1.38. The van der Waals surface area contributed by atoms with Gasteiger partial charge in [0.15, 0.2) is 0 Å². The van der Waals surface area contributed by atoms with E-state index in [9.17, 15) is 0 Å². The van der Waals surface area contributed by atoms with E-state index in [2.05, 4.69) is 152 Å². The Balaban J connectivity index is 5.41. The molecule has 0 spiro atoms. The van der Waals surface area contributed by atoms with E-state index in [1.807, 2.05) is 0 Å². The SMILES string of the molecule is [Br][Sn]([Br])([Br])[CH2]C[Si](C[CH2][Sn]([Br])([Br])[Br])(C[CH2][Sn]([Br])([Br])[Br])C[CH2][Sn]([Br])([Br])[Br]. The molecule has 0 aliphatic rings. The van der Waals surface area contributed by atoms with Crippen LogP contribution < -0.4 is 0 Å². The Labute approximate surface area is 241 Å². The first kappa shape index (κ1) is 34.2. The van der Waals surface area contributed by atoms with Crippen LogP contribution in [0.1, 0.15) is 0 Å². The zero-order valence-corrected chi connectivity index (χ0v) is 44.1. The van der Waals surface area contributed by atoms with E-state index in [-0.39, 0.29) is 0 Å².